The first kappa shape index (κ1) is 25.9. The van der Waals surface area contributed by atoms with Gasteiger partial charge in [-0.3, -0.25) is 0 Å². The molecule has 0 saturated heterocycles. The Balaban J connectivity index is 1.70. The van der Waals surface area contributed by atoms with Gasteiger partial charge in [0.15, 0.2) is 0 Å². The largest absolute Gasteiger partial charge is 0.392 e. The number of allylic oxidation sites excluding steroid dienone is 1. The Hall–Kier alpha value is -1.16. The van der Waals surface area contributed by atoms with Gasteiger partial charge >= 0.3 is 0 Å². The van der Waals surface area contributed by atoms with Crippen LogP contribution in [0.1, 0.15) is 97.6 Å². The first-order valence-electron chi connectivity index (χ1n) is 13.7. The third-order valence-electron chi connectivity index (χ3n) is 11.1. The number of benzene rings is 1. The van der Waals surface area contributed by atoms with Gasteiger partial charge in [-0.1, -0.05) is 78.0 Å². The minimum atomic E-state index is -0.724. The molecule has 190 valence electrons. The molecule has 0 aliphatic heterocycles. The van der Waals surface area contributed by atoms with Gasteiger partial charge in [0.25, 0.3) is 0 Å². The number of aliphatic hydroxyl groups excluding tert-OH is 2. The minimum absolute atomic E-state index is 0.0737. The van der Waals surface area contributed by atoms with Crippen molar-refractivity contribution in [3.8, 4) is 0 Å². The molecule has 3 aliphatic carbocycles. The quantitative estimate of drug-likeness (QED) is 0.447. The predicted octanol–water partition coefficient (Wildman–Crippen LogP) is 6.26. The van der Waals surface area contributed by atoms with Gasteiger partial charge in [-0.15, -0.1) is 0 Å². The Morgan fingerprint density at radius 2 is 1.68 bits per heavy atom. The highest BCUT2D eigenvalue weighted by Crippen LogP contribution is 2.67. The predicted molar refractivity (Wildman–Crippen MR) is 140 cm³/mol. The first-order valence-corrected chi connectivity index (χ1v) is 13.7. The zero-order chi connectivity index (χ0) is 25.1. The molecule has 1 aromatic carbocycles. The number of aryl methyl sites for hydroxylation is 1. The van der Waals surface area contributed by atoms with Crippen LogP contribution < -0.4 is 0 Å². The van der Waals surface area contributed by atoms with E-state index in [1.807, 2.05) is 6.92 Å². The van der Waals surface area contributed by atoms with Crippen molar-refractivity contribution in [1.82, 2.24) is 0 Å². The monoisotopic (exact) mass is 468 g/mol. The molecule has 3 heteroatoms. The molecule has 0 spiro atoms. The van der Waals surface area contributed by atoms with Gasteiger partial charge in [0.05, 0.1) is 17.8 Å². The SMILES string of the molecule is CCc1ccccc1C(C)CC1(O)C(C)CCC2(C)C3C=CC(C)([C@H](C)O)C(O)C3(C)CCC21. The van der Waals surface area contributed by atoms with Crippen molar-refractivity contribution < 1.29 is 15.3 Å². The smallest absolute Gasteiger partial charge is 0.0712 e. The molecule has 34 heavy (non-hydrogen) atoms. The number of hydrogen-bond donors (Lipinski definition) is 3. The summed E-state index contributed by atoms with van der Waals surface area (Å²) in [4.78, 5) is 0. The van der Waals surface area contributed by atoms with Gasteiger partial charge in [0, 0.05) is 10.8 Å². The molecule has 3 N–H and O–H groups in total. The van der Waals surface area contributed by atoms with E-state index in [1.165, 1.54) is 11.1 Å². The molecule has 9 unspecified atom stereocenters. The molecule has 1 aromatic rings. The lowest BCUT2D eigenvalue weighted by Crippen LogP contribution is -2.66. The summed E-state index contributed by atoms with van der Waals surface area (Å²) in [6.45, 7) is 15.1. The van der Waals surface area contributed by atoms with Crippen LogP contribution in [0.2, 0.25) is 0 Å². The van der Waals surface area contributed by atoms with Crippen LogP contribution in [0.3, 0.4) is 0 Å². The molecule has 0 amide bonds. The highest BCUT2D eigenvalue weighted by molar-refractivity contribution is 5.31. The number of hydrogen-bond acceptors (Lipinski definition) is 3. The van der Waals surface area contributed by atoms with Crippen molar-refractivity contribution in [3.05, 3.63) is 47.5 Å². The van der Waals surface area contributed by atoms with Gasteiger partial charge in [-0.05, 0) is 85.7 Å². The Kier molecular flexibility index (Phi) is 6.67. The van der Waals surface area contributed by atoms with Gasteiger partial charge in [-0.25, -0.2) is 0 Å². The number of fused-ring (bicyclic) bond motifs is 3. The molecule has 3 nitrogen and oxygen atoms in total. The van der Waals surface area contributed by atoms with Crippen LogP contribution in [0.5, 0.6) is 0 Å². The summed E-state index contributed by atoms with van der Waals surface area (Å²) in [5.41, 5.74) is 1.03. The van der Waals surface area contributed by atoms with Crippen molar-refractivity contribution in [1.29, 1.82) is 0 Å². The zero-order valence-corrected chi connectivity index (χ0v) is 22.5. The summed E-state index contributed by atoms with van der Waals surface area (Å²) in [5, 5.41) is 34.6. The van der Waals surface area contributed by atoms with Crippen LogP contribution in [0.4, 0.5) is 0 Å². The minimum Gasteiger partial charge on any atom is -0.392 e. The highest BCUT2D eigenvalue weighted by Gasteiger charge is 2.65. The van der Waals surface area contributed by atoms with Gasteiger partial charge in [0.1, 0.15) is 0 Å². The molecule has 2 fully saturated rings. The number of aliphatic hydroxyl groups is 3. The summed E-state index contributed by atoms with van der Waals surface area (Å²) in [5.74, 6) is 0.945. The molecule has 4 rings (SSSR count). The second-order valence-corrected chi connectivity index (χ2v) is 13.0. The average molecular weight is 469 g/mol. The molecular weight excluding hydrogens is 420 g/mol. The Labute approximate surface area is 207 Å². The van der Waals surface area contributed by atoms with Crippen molar-refractivity contribution in [2.45, 2.75) is 111 Å². The van der Waals surface area contributed by atoms with E-state index in [4.69, 9.17) is 0 Å². The third-order valence-corrected chi connectivity index (χ3v) is 11.1. The second kappa shape index (κ2) is 8.75. The highest BCUT2D eigenvalue weighted by atomic mass is 16.3. The van der Waals surface area contributed by atoms with E-state index in [-0.39, 0.29) is 28.6 Å². The Bertz CT molecular complexity index is 923. The van der Waals surface area contributed by atoms with Crippen LogP contribution >= 0.6 is 0 Å². The topological polar surface area (TPSA) is 60.7 Å². The lowest BCUT2D eigenvalue weighted by atomic mass is 9.40. The van der Waals surface area contributed by atoms with E-state index in [2.05, 4.69) is 71.0 Å². The van der Waals surface area contributed by atoms with Crippen molar-refractivity contribution in [3.63, 3.8) is 0 Å². The van der Waals surface area contributed by atoms with E-state index in [1.54, 1.807) is 6.92 Å². The Morgan fingerprint density at radius 3 is 2.32 bits per heavy atom. The maximum Gasteiger partial charge on any atom is 0.0712 e. The summed E-state index contributed by atoms with van der Waals surface area (Å²) in [6, 6.07) is 8.72. The summed E-state index contributed by atoms with van der Waals surface area (Å²) < 4.78 is 0. The summed E-state index contributed by atoms with van der Waals surface area (Å²) >= 11 is 0. The fourth-order valence-corrected chi connectivity index (χ4v) is 8.68. The van der Waals surface area contributed by atoms with Gasteiger partial charge < -0.3 is 15.3 Å². The van der Waals surface area contributed by atoms with Crippen LogP contribution in [0, 0.1) is 34.0 Å². The molecule has 0 radical (unpaired) electrons. The molecule has 0 bridgehead atoms. The van der Waals surface area contributed by atoms with Crippen LogP contribution in [-0.4, -0.2) is 33.1 Å². The molecule has 10 atom stereocenters. The maximum absolute atomic E-state index is 12.5. The van der Waals surface area contributed by atoms with Crippen LogP contribution in [0.15, 0.2) is 36.4 Å². The standard InChI is InChI=1S/C31H48O3/c1-8-23-11-9-10-12-24(23)20(2)19-31(34)21(3)13-16-29(6)25-14-17-28(5,22(4)32)27(33)30(25,7)18-15-26(29)31/h9-12,14,17,20-22,25-27,32-34H,8,13,15-16,18-19H2,1-7H3/t20?,21?,22-,25?,26?,27?,28?,29?,30?,31?/m0/s1. The second-order valence-electron chi connectivity index (χ2n) is 13.0. The van der Waals surface area contributed by atoms with Crippen molar-refractivity contribution in [2.24, 2.45) is 34.0 Å². The van der Waals surface area contributed by atoms with E-state index in [0.717, 1.165) is 38.5 Å². The van der Waals surface area contributed by atoms with E-state index >= 15 is 0 Å². The van der Waals surface area contributed by atoms with Crippen molar-refractivity contribution >= 4 is 0 Å². The van der Waals surface area contributed by atoms with Crippen LogP contribution in [-0.2, 0) is 6.42 Å². The fraction of sp³-hybridized carbons (Fsp3) is 0.742. The Morgan fingerprint density at radius 1 is 1.03 bits per heavy atom. The van der Waals surface area contributed by atoms with Gasteiger partial charge in [-0.2, -0.15) is 0 Å². The van der Waals surface area contributed by atoms with Crippen molar-refractivity contribution in [2.75, 3.05) is 0 Å². The summed E-state index contributed by atoms with van der Waals surface area (Å²) in [7, 11) is 0. The normalized spacial score (nSPS) is 45.8. The third kappa shape index (κ3) is 3.64. The van der Waals surface area contributed by atoms with E-state index in [0.29, 0.717) is 5.92 Å². The zero-order valence-electron chi connectivity index (χ0n) is 22.5. The molecular formula is C31H48O3. The van der Waals surface area contributed by atoms with E-state index < -0.39 is 23.2 Å². The lowest BCUT2D eigenvalue weighted by molar-refractivity contribution is -0.225. The first-order chi connectivity index (χ1) is 15.8. The summed E-state index contributed by atoms with van der Waals surface area (Å²) in [6.07, 6.45) is 8.86. The van der Waals surface area contributed by atoms with Gasteiger partial charge in [0.2, 0.25) is 0 Å². The maximum atomic E-state index is 12.5. The molecule has 0 heterocycles. The van der Waals surface area contributed by atoms with E-state index in [9.17, 15) is 15.3 Å². The molecule has 2 saturated carbocycles. The fourth-order valence-electron chi connectivity index (χ4n) is 8.68. The lowest BCUT2D eigenvalue weighted by Gasteiger charge is -2.66. The molecule has 3 aliphatic rings. The molecule has 0 aromatic heterocycles. The average Bonchev–Trinajstić information content (AvgIpc) is 2.79. The van der Waals surface area contributed by atoms with Crippen LogP contribution in [0.25, 0.3) is 0 Å². The number of rotatable bonds is 5.